The number of carbonyl (C=O) groups excluding carboxylic acids is 1. The van der Waals surface area contributed by atoms with Gasteiger partial charge in [-0.25, -0.2) is 4.79 Å². The minimum atomic E-state index is -0.687. The first kappa shape index (κ1) is 11.6. The number of carbonyl (C=O) groups is 1. The highest BCUT2D eigenvalue weighted by atomic mass is 79.9. The standard InChI is InChI=1S/C8H7BrN2O4/c1-2-15-8(12)7-5(9)3-4-6(10-7)11(13)14/h3-4H,2H2,1H3. The molecule has 80 valence electrons. The average molecular weight is 275 g/mol. The Morgan fingerprint density at radius 1 is 1.67 bits per heavy atom. The second kappa shape index (κ2) is 4.83. The number of nitro groups is 1. The highest BCUT2D eigenvalue weighted by Gasteiger charge is 2.21. The Bertz CT molecular complexity index is 408. The van der Waals surface area contributed by atoms with Gasteiger partial charge < -0.3 is 14.9 Å². The minimum Gasteiger partial charge on any atom is -0.460 e. The van der Waals surface area contributed by atoms with Gasteiger partial charge in [0.2, 0.25) is 0 Å². The van der Waals surface area contributed by atoms with Crippen LogP contribution in [0.5, 0.6) is 0 Å². The Balaban J connectivity index is 3.10. The van der Waals surface area contributed by atoms with E-state index in [0.717, 1.165) is 0 Å². The van der Waals surface area contributed by atoms with Crippen molar-refractivity contribution in [3.63, 3.8) is 0 Å². The zero-order valence-electron chi connectivity index (χ0n) is 7.77. The quantitative estimate of drug-likeness (QED) is 0.478. The van der Waals surface area contributed by atoms with Crippen LogP contribution in [0.1, 0.15) is 17.4 Å². The second-order valence-electron chi connectivity index (χ2n) is 2.48. The van der Waals surface area contributed by atoms with Gasteiger partial charge >= 0.3 is 11.8 Å². The van der Waals surface area contributed by atoms with E-state index in [0.29, 0.717) is 4.47 Å². The summed E-state index contributed by atoms with van der Waals surface area (Å²) in [6.45, 7) is 1.83. The van der Waals surface area contributed by atoms with Crippen molar-refractivity contribution in [1.29, 1.82) is 0 Å². The Hall–Kier alpha value is -1.50. The monoisotopic (exact) mass is 274 g/mol. The van der Waals surface area contributed by atoms with E-state index in [1.807, 2.05) is 0 Å². The third-order valence-electron chi connectivity index (χ3n) is 1.49. The lowest BCUT2D eigenvalue weighted by Gasteiger charge is -1.99. The zero-order chi connectivity index (χ0) is 11.4. The molecule has 1 aromatic rings. The molecule has 0 aliphatic carbocycles. The van der Waals surface area contributed by atoms with Gasteiger partial charge in [0, 0.05) is 6.07 Å². The summed E-state index contributed by atoms with van der Waals surface area (Å²) in [4.78, 5) is 24.6. The highest BCUT2D eigenvalue weighted by molar-refractivity contribution is 9.10. The fourth-order valence-electron chi connectivity index (χ4n) is 0.876. The summed E-state index contributed by atoms with van der Waals surface area (Å²) in [6.07, 6.45) is 0. The van der Waals surface area contributed by atoms with Crippen molar-refractivity contribution in [3.05, 3.63) is 32.4 Å². The van der Waals surface area contributed by atoms with E-state index >= 15 is 0 Å². The van der Waals surface area contributed by atoms with E-state index in [1.165, 1.54) is 12.1 Å². The van der Waals surface area contributed by atoms with Crippen LogP contribution in [0.15, 0.2) is 16.6 Å². The lowest BCUT2D eigenvalue weighted by Crippen LogP contribution is -2.09. The van der Waals surface area contributed by atoms with Crippen LogP contribution in [0.25, 0.3) is 0 Å². The smallest absolute Gasteiger partial charge is 0.384 e. The fraction of sp³-hybridized carbons (Fsp3) is 0.250. The zero-order valence-corrected chi connectivity index (χ0v) is 9.35. The van der Waals surface area contributed by atoms with Crippen molar-refractivity contribution in [3.8, 4) is 0 Å². The van der Waals surface area contributed by atoms with E-state index in [-0.39, 0.29) is 18.1 Å². The van der Waals surface area contributed by atoms with E-state index in [1.54, 1.807) is 6.92 Å². The van der Waals surface area contributed by atoms with Crippen molar-refractivity contribution < 1.29 is 14.5 Å². The van der Waals surface area contributed by atoms with Gasteiger partial charge in [-0.05, 0) is 38.8 Å². The molecule has 0 amide bonds. The molecule has 6 nitrogen and oxygen atoms in total. The van der Waals surface area contributed by atoms with Gasteiger partial charge in [-0.2, -0.15) is 0 Å². The van der Waals surface area contributed by atoms with Crippen LogP contribution in [0, 0.1) is 10.1 Å². The Morgan fingerprint density at radius 2 is 2.33 bits per heavy atom. The van der Waals surface area contributed by atoms with E-state index in [2.05, 4.69) is 25.7 Å². The van der Waals surface area contributed by atoms with E-state index in [4.69, 9.17) is 0 Å². The number of halogens is 1. The second-order valence-corrected chi connectivity index (χ2v) is 3.33. The maximum Gasteiger partial charge on any atom is 0.384 e. The minimum absolute atomic E-state index is 0.0916. The summed E-state index contributed by atoms with van der Waals surface area (Å²) in [5.74, 6) is -1.07. The Morgan fingerprint density at radius 3 is 2.87 bits per heavy atom. The van der Waals surface area contributed by atoms with Gasteiger partial charge in [-0.15, -0.1) is 0 Å². The van der Waals surface area contributed by atoms with Crippen LogP contribution in [-0.4, -0.2) is 22.5 Å². The van der Waals surface area contributed by atoms with Crippen molar-refractivity contribution in [2.45, 2.75) is 6.92 Å². The van der Waals surface area contributed by atoms with E-state index in [9.17, 15) is 14.9 Å². The molecule has 0 spiro atoms. The molecule has 0 N–H and O–H groups in total. The molecule has 1 heterocycles. The maximum atomic E-state index is 11.3. The van der Waals surface area contributed by atoms with Crippen LogP contribution in [0.4, 0.5) is 5.82 Å². The summed E-state index contributed by atoms with van der Waals surface area (Å²) in [6, 6.07) is 2.59. The molecule has 1 rings (SSSR count). The third kappa shape index (κ3) is 2.72. The van der Waals surface area contributed by atoms with Gasteiger partial charge in [0.15, 0.2) is 0 Å². The predicted molar refractivity (Wildman–Crippen MR) is 54.5 cm³/mol. The molecule has 0 aliphatic rings. The number of hydrogen-bond acceptors (Lipinski definition) is 5. The molecule has 0 fully saturated rings. The van der Waals surface area contributed by atoms with Gasteiger partial charge in [0.1, 0.15) is 0 Å². The van der Waals surface area contributed by atoms with Crippen LogP contribution < -0.4 is 0 Å². The predicted octanol–water partition coefficient (Wildman–Crippen LogP) is 1.93. The van der Waals surface area contributed by atoms with E-state index < -0.39 is 10.9 Å². The lowest BCUT2D eigenvalue weighted by molar-refractivity contribution is -0.389. The molecule has 0 aliphatic heterocycles. The van der Waals surface area contributed by atoms with Gasteiger partial charge in [0.25, 0.3) is 5.69 Å². The molecule has 1 aromatic heterocycles. The summed E-state index contributed by atoms with van der Waals surface area (Å²) >= 11 is 3.06. The topological polar surface area (TPSA) is 82.3 Å². The largest absolute Gasteiger partial charge is 0.460 e. The molecule has 15 heavy (non-hydrogen) atoms. The van der Waals surface area contributed by atoms with Gasteiger partial charge in [-0.3, -0.25) is 0 Å². The molecular formula is C8H7BrN2O4. The molecular weight excluding hydrogens is 268 g/mol. The number of pyridine rings is 1. The average Bonchev–Trinajstić information content (AvgIpc) is 2.18. The number of esters is 1. The first-order valence-corrected chi connectivity index (χ1v) is 4.83. The SMILES string of the molecule is CCOC(=O)c1nc([N+](=O)[O-])ccc1Br. The maximum absolute atomic E-state index is 11.3. The van der Waals surface area contributed by atoms with Crippen molar-refractivity contribution in [2.75, 3.05) is 6.61 Å². The molecule has 0 saturated heterocycles. The van der Waals surface area contributed by atoms with Gasteiger partial charge in [-0.1, -0.05) is 0 Å². The Kier molecular flexibility index (Phi) is 3.73. The van der Waals surface area contributed by atoms with Crippen LogP contribution >= 0.6 is 15.9 Å². The number of rotatable bonds is 3. The molecule has 0 bridgehead atoms. The first-order valence-electron chi connectivity index (χ1n) is 4.04. The number of aromatic nitrogens is 1. The lowest BCUT2D eigenvalue weighted by atomic mass is 10.3. The normalized spacial score (nSPS) is 9.73. The molecule has 0 atom stereocenters. The number of ether oxygens (including phenoxy) is 1. The number of hydrogen-bond donors (Lipinski definition) is 0. The molecule has 0 saturated carbocycles. The number of nitrogens with zero attached hydrogens (tertiary/aromatic N) is 2. The summed E-state index contributed by atoms with van der Waals surface area (Å²) in [7, 11) is 0. The molecule has 7 heteroatoms. The molecule has 0 unspecified atom stereocenters. The van der Waals surface area contributed by atoms with Crippen molar-refractivity contribution in [1.82, 2.24) is 4.98 Å². The highest BCUT2D eigenvalue weighted by Crippen LogP contribution is 2.19. The Labute approximate surface area is 93.5 Å². The van der Waals surface area contributed by atoms with Crippen LogP contribution in [0.3, 0.4) is 0 Å². The first-order chi connectivity index (χ1) is 7.06. The van der Waals surface area contributed by atoms with Crippen LogP contribution in [-0.2, 0) is 4.74 Å². The molecule has 0 radical (unpaired) electrons. The molecule has 0 aromatic carbocycles. The summed E-state index contributed by atoms with van der Waals surface area (Å²) in [5, 5.41) is 10.4. The summed E-state index contributed by atoms with van der Waals surface area (Å²) in [5.41, 5.74) is -0.0916. The van der Waals surface area contributed by atoms with Crippen molar-refractivity contribution in [2.24, 2.45) is 0 Å². The van der Waals surface area contributed by atoms with Gasteiger partial charge in [0.05, 0.1) is 11.1 Å². The van der Waals surface area contributed by atoms with Crippen LogP contribution in [0.2, 0.25) is 0 Å². The van der Waals surface area contributed by atoms with Crippen molar-refractivity contribution >= 4 is 27.7 Å². The summed E-state index contributed by atoms with van der Waals surface area (Å²) < 4.78 is 5.06. The third-order valence-corrected chi connectivity index (χ3v) is 2.13. The fourth-order valence-corrected chi connectivity index (χ4v) is 1.26.